The van der Waals surface area contributed by atoms with Crippen LogP contribution in [0.5, 0.6) is 0 Å². The first-order chi connectivity index (χ1) is 9.34. The lowest BCUT2D eigenvalue weighted by molar-refractivity contribution is -0.698. The Morgan fingerprint density at radius 3 is 2.60 bits per heavy atom. The third-order valence-corrected chi connectivity index (χ3v) is 3.11. The van der Waals surface area contributed by atoms with Crippen LogP contribution in [0.3, 0.4) is 0 Å². The van der Waals surface area contributed by atoms with Crippen LogP contribution in [-0.2, 0) is 13.1 Å². The largest absolute Gasteiger partial charge is 1.00 e. The molecular formula is C15H14BrN3O. The summed E-state index contributed by atoms with van der Waals surface area (Å²) < 4.78 is 3.70. The van der Waals surface area contributed by atoms with Crippen molar-refractivity contribution in [1.82, 2.24) is 9.55 Å². The molecule has 0 unspecified atom stereocenters. The van der Waals surface area contributed by atoms with E-state index in [1.54, 1.807) is 10.9 Å². The number of fused-ring (bicyclic) bond motifs is 1. The maximum Gasteiger partial charge on any atom is 0.261 e. The molecule has 0 bridgehead atoms. The highest BCUT2D eigenvalue weighted by atomic mass is 79.9. The number of nitrogens with zero attached hydrogens (tertiary/aromatic N) is 3. The van der Waals surface area contributed by atoms with E-state index in [4.69, 9.17) is 0 Å². The van der Waals surface area contributed by atoms with Gasteiger partial charge in [0.1, 0.15) is 0 Å². The van der Waals surface area contributed by atoms with Gasteiger partial charge in [0.2, 0.25) is 0 Å². The van der Waals surface area contributed by atoms with Gasteiger partial charge in [0, 0.05) is 12.1 Å². The summed E-state index contributed by atoms with van der Waals surface area (Å²) in [5.41, 5.74) is 0.762. The van der Waals surface area contributed by atoms with E-state index in [2.05, 4.69) is 4.98 Å². The van der Waals surface area contributed by atoms with Crippen molar-refractivity contribution in [2.45, 2.75) is 13.1 Å². The van der Waals surface area contributed by atoms with Crippen LogP contribution in [0.15, 0.2) is 66.0 Å². The maximum atomic E-state index is 12.3. The maximum absolute atomic E-state index is 12.3. The summed E-state index contributed by atoms with van der Waals surface area (Å²) in [7, 11) is 0. The van der Waals surface area contributed by atoms with Gasteiger partial charge in [0.15, 0.2) is 18.9 Å². The fourth-order valence-electron chi connectivity index (χ4n) is 2.07. The van der Waals surface area contributed by atoms with Gasteiger partial charge in [0.25, 0.3) is 5.56 Å². The van der Waals surface area contributed by atoms with Gasteiger partial charge in [-0.15, -0.1) is 0 Å². The number of hydrogen-bond acceptors (Lipinski definition) is 2. The molecule has 102 valence electrons. The number of pyridine rings is 1. The highest BCUT2D eigenvalue weighted by Crippen LogP contribution is 2.04. The lowest BCUT2D eigenvalue weighted by atomic mass is 10.2. The average Bonchev–Trinajstić information content (AvgIpc) is 2.48. The molecule has 3 aromatic rings. The Morgan fingerprint density at radius 2 is 1.80 bits per heavy atom. The zero-order chi connectivity index (χ0) is 13.1. The number of hydrogen-bond donors (Lipinski definition) is 0. The molecule has 0 saturated heterocycles. The Morgan fingerprint density at radius 1 is 1.05 bits per heavy atom. The van der Waals surface area contributed by atoms with Crippen LogP contribution in [0.25, 0.3) is 10.9 Å². The molecule has 0 fully saturated rings. The molecule has 0 aliphatic carbocycles. The van der Waals surface area contributed by atoms with E-state index in [-0.39, 0.29) is 22.5 Å². The molecule has 0 atom stereocenters. The minimum absolute atomic E-state index is 0. The van der Waals surface area contributed by atoms with E-state index in [0.717, 1.165) is 12.1 Å². The minimum atomic E-state index is 0. The third-order valence-electron chi connectivity index (χ3n) is 3.11. The van der Waals surface area contributed by atoms with Crippen LogP contribution in [0.4, 0.5) is 0 Å². The van der Waals surface area contributed by atoms with E-state index in [9.17, 15) is 4.79 Å². The first kappa shape index (κ1) is 14.4. The number of aryl methyl sites for hydroxylation is 2. The molecule has 3 rings (SSSR count). The van der Waals surface area contributed by atoms with Gasteiger partial charge < -0.3 is 17.0 Å². The van der Waals surface area contributed by atoms with E-state index in [1.165, 1.54) is 0 Å². The molecule has 5 heteroatoms. The molecule has 0 aliphatic heterocycles. The van der Waals surface area contributed by atoms with Crippen molar-refractivity contribution in [1.29, 1.82) is 0 Å². The Kier molecular flexibility index (Phi) is 4.63. The lowest BCUT2D eigenvalue weighted by Gasteiger charge is -2.04. The molecule has 0 spiro atoms. The summed E-state index contributed by atoms with van der Waals surface area (Å²) in [5, 5.41) is 0.670. The van der Waals surface area contributed by atoms with Crippen molar-refractivity contribution in [2.24, 2.45) is 0 Å². The van der Waals surface area contributed by atoms with Crippen molar-refractivity contribution in [3.8, 4) is 0 Å². The second-order valence-electron chi connectivity index (χ2n) is 4.37. The smallest absolute Gasteiger partial charge is 0.261 e. The summed E-state index contributed by atoms with van der Waals surface area (Å²) in [6, 6.07) is 13.3. The molecule has 0 radical (unpaired) electrons. The number of benzene rings is 1. The minimum Gasteiger partial charge on any atom is -1.00 e. The topological polar surface area (TPSA) is 38.8 Å². The van der Waals surface area contributed by atoms with E-state index >= 15 is 0 Å². The van der Waals surface area contributed by atoms with E-state index in [1.807, 2.05) is 59.4 Å². The second-order valence-corrected chi connectivity index (χ2v) is 4.37. The summed E-state index contributed by atoms with van der Waals surface area (Å²) in [5.74, 6) is 0. The van der Waals surface area contributed by atoms with Crippen molar-refractivity contribution < 1.29 is 21.5 Å². The Bertz CT molecular complexity index is 756. The fourth-order valence-corrected chi connectivity index (χ4v) is 2.07. The van der Waals surface area contributed by atoms with Gasteiger partial charge in [-0.2, -0.15) is 0 Å². The van der Waals surface area contributed by atoms with E-state index < -0.39 is 0 Å². The van der Waals surface area contributed by atoms with Crippen molar-refractivity contribution in [2.75, 3.05) is 0 Å². The molecule has 20 heavy (non-hydrogen) atoms. The quantitative estimate of drug-likeness (QED) is 0.542. The predicted molar refractivity (Wildman–Crippen MR) is 72.6 cm³/mol. The molecule has 0 N–H and O–H groups in total. The molecule has 0 saturated carbocycles. The van der Waals surface area contributed by atoms with Crippen molar-refractivity contribution >= 4 is 10.9 Å². The number of para-hydroxylation sites is 1. The number of aromatic nitrogens is 3. The average molecular weight is 332 g/mol. The van der Waals surface area contributed by atoms with Gasteiger partial charge in [0.05, 0.1) is 23.8 Å². The van der Waals surface area contributed by atoms with Crippen LogP contribution in [-0.4, -0.2) is 9.55 Å². The Balaban J connectivity index is 0.00000147. The zero-order valence-electron chi connectivity index (χ0n) is 10.8. The molecule has 0 aliphatic rings. The van der Waals surface area contributed by atoms with Gasteiger partial charge in [-0.05, 0) is 12.1 Å². The predicted octanol–water partition coefficient (Wildman–Crippen LogP) is -1.61. The van der Waals surface area contributed by atoms with Crippen molar-refractivity contribution in [3.05, 3.63) is 71.5 Å². The van der Waals surface area contributed by atoms with Crippen LogP contribution in [0, 0.1) is 0 Å². The van der Waals surface area contributed by atoms with Crippen LogP contribution in [0.2, 0.25) is 0 Å². The van der Waals surface area contributed by atoms with Crippen molar-refractivity contribution in [3.63, 3.8) is 0 Å². The third kappa shape index (κ3) is 2.93. The highest BCUT2D eigenvalue weighted by molar-refractivity contribution is 5.76. The highest BCUT2D eigenvalue weighted by Gasteiger charge is 2.05. The lowest BCUT2D eigenvalue weighted by Crippen LogP contribution is -3.00. The number of halogens is 1. The standard InChI is InChI=1S/C15H14N3O.BrH/c19-15-13-6-2-3-7-14(13)16-12-18(15)11-10-17-8-4-1-5-9-17;/h1-9,12H,10-11H2;1H/q+1;/p-1. The summed E-state index contributed by atoms with van der Waals surface area (Å²) in [6.07, 6.45) is 5.59. The van der Waals surface area contributed by atoms with E-state index in [0.29, 0.717) is 11.9 Å². The van der Waals surface area contributed by atoms with Gasteiger partial charge >= 0.3 is 0 Å². The first-order valence-corrected chi connectivity index (χ1v) is 6.23. The molecule has 2 heterocycles. The molecule has 4 nitrogen and oxygen atoms in total. The zero-order valence-corrected chi connectivity index (χ0v) is 12.4. The molecular weight excluding hydrogens is 318 g/mol. The van der Waals surface area contributed by atoms with Gasteiger partial charge in [-0.1, -0.05) is 18.2 Å². The van der Waals surface area contributed by atoms with Crippen LogP contribution < -0.4 is 27.1 Å². The molecule has 1 aromatic carbocycles. The summed E-state index contributed by atoms with van der Waals surface area (Å²) >= 11 is 0. The van der Waals surface area contributed by atoms with Gasteiger partial charge in [-0.3, -0.25) is 9.36 Å². The monoisotopic (exact) mass is 331 g/mol. The Labute approximate surface area is 127 Å². The number of rotatable bonds is 3. The van der Waals surface area contributed by atoms with Crippen LogP contribution >= 0.6 is 0 Å². The normalized spacial score (nSPS) is 10.2. The second kappa shape index (κ2) is 6.43. The molecule has 2 aromatic heterocycles. The summed E-state index contributed by atoms with van der Waals surface area (Å²) in [4.78, 5) is 16.6. The Hall–Kier alpha value is -2.01. The van der Waals surface area contributed by atoms with Crippen LogP contribution in [0.1, 0.15) is 0 Å². The summed E-state index contributed by atoms with van der Waals surface area (Å²) in [6.45, 7) is 1.37. The first-order valence-electron chi connectivity index (χ1n) is 6.23. The fraction of sp³-hybridized carbons (Fsp3) is 0.133. The van der Waals surface area contributed by atoms with Gasteiger partial charge in [-0.25, -0.2) is 9.55 Å². The SMILES string of the molecule is O=c1c2ccccc2ncn1CC[n+]1ccccc1.[Br-]. The molecule has 0 amide bonds.